The number of anilines is 1. The van der Waals surface area contributed by atoms with Crippen LogP contribution in [0.1, 0.15) is 26.5 Å². The van der Waals surface area contributed by atoms with Gasteiger partial charge in [0.05, 0.1) is 10.6 Å². The highest BCUT2D eigenvalue weighted by Crippen LogP contribution is 2.31. The fraction of sp³-hybridized carbons (Fsp3) is 0.333. The molecule has 1 aliphatic heterocycles. The minimum Gasteiger partial charge on any atom is -0.321 e. The standard InChI is InChI=1S/C21H23N3OS3/c1-14-5-6-16(13-24-7-10-26-11-8-24)12-17(14)23-20(25)19-15(2)22-21(28-19)18-4-3-9-27-18/h3-6,9,12H,7-8,10-11,13H2,1-2H3,(H,23,25). The molecule has 1 aromatic carbocycles. The number of nitrogens with zero attached hydrogens (tertiary/aromatic N) is 2. The molecule has 7 heteroatoms. The number of aryl methyl sites for hydroxylation is 2. The van der Waals surface area contributed by atoms with Gasteiger partial charge in [-0.3, -0.25) is 9.69 Å². The molecule has 4 rings (SSSR count). The summed E-state index contributed by atoms with van der Waals surface area (Å²) in [7, 11) is 0. The Morgan fingerprint density at radius 1 is 1.21 bits per heavy atom. The predicted octanol–water partition coefficient (Wildman–Crippen LogP) is 5.29. The molecule has 4 nitrogen and oxygen atoms in total. The van der Waals surface area contributed by atoms with Gasteiger partial charge in [-0.15, -0.1) is 22.7 Å². The molecule has 0 atom stereocenters. The number of carbonyl (C=O) groups is 1. The van der Waals surface area contributed by atoms with Crippen molar-refractivity contribution in [2.24, 2.45) is 0 Å². The van der Waals surface area contributed by atoms with Gasteiger partial charge in [-0.25, -0.2) is 4.98 Å². The molecular formula is C21H23N3OS3. The van der Waals surface area contributed by atoms with E-state index in [0.717, 1.165) is 46.5 Å². The number of rotatable bonds is 5. The molecule has 146 valence electrons. The van der Waals surface area contributed by atoms with E-state index in [-0.39, 0.29) is 5.91 Å². The van der Waals surface area contributed by atoms with Crippen LogP contribution in [-0.4, -0.2) is 40.4 Å². The number of hydrogen-bond donors (Lipinski definition) is 1. The summed E-state index contributed by atoms with van der Waals surface area (Å²) in [6.45, 7) is 7.14. The third-order valence-electron chi connectivity index (χ3n) is 4.79. The number of thiazole rings is 1. The number of nitrogens with one attached hydrogen (secondary N) is 1. The molecular weight excluding hydrogens is 406 g/mol. The molecule has 0 saturated carbocycles. The van der Waals surface area contributed by atoms with Gasteiger partial charge in [0.15, 0.2) is 0 Å². The smallest absolute Gasteiger partial charge is 0.267 e. The predicted molar refractivity (Wildman–Crippen MR) is 122 cm³/mol. The van der Waals surface area contributed by atoms with Crippen LogP contribution < -0.4 is 5.32 Å². The Balaban J connectivity index is 1.50. The minimum atomic E-state index is -0.0765. The molecule has 1 fully saturated rings. The molecule has 28 heavy (non-hydrogen) atoms. The highest BCUT2D eigenvalue weighted by molar-refractivity contribution is 7.99. The van der Waals surface area contributed by atoms with Gasteiger partial charge >= 0.3 is 0 Å². The lowest BCUT2D eigenvalue weighted by molar-refractivity contribution is 0.102. The van der Waals surface area contributed by atoms with Crippen molar-refractivity contribution in [1.82, 2.24) is 9.88 Å². The van der Waals surface area contributed by atoms with Gasteiger partial charge in [-0.1, -0.05) is 18.2 Å². The molecule has 3 heterocycles. The van der Waals surface area contributed by atoms with Crippen LogP contribution >= 0.6 is 34.4 Å². The second-order valence-electron chi connectivity index (χ2n) is 6.90. The Morgan fingerprint density at radius 3 is 2.79 bits per heavy atom. The Kier molecular flexibility index (Phi) is 6.16. The van der Waals surface area contributed by atoms with E-state index in [2.05, 4.69) is 33.4 Å². The van der Waals surface area contributed by atoms with Crippen molar-refractivity contribution in [2.75, 3.05) is 29.9 Å². The molecule has 0 spiro atoms. The first-order valence-corrected chi connectivity index (χ1v) is 12.2. The third kappa shape index (κ3) is 4.49. The lowest BCUT2D eigenvalue weighted by Gasteiger charge is -2.26. The number of hydrogen-bond acceptors (Lipinski definition) is 6. The van der Waals surface area contributed by atoms with Crippen LogP contribution in [0.2, 0.25) is 0 Å². The van der Waals surface area contributed by atoms with Gasteiger partial charge in [-0.2, -0.15) is 11.8 Å². The minimum absolute atomic E-state index is 0.0765. The summed E-state index contributed by atoms with van der Waals surface area (Å²) in [6.07, 6.45) is 0. The summed E-state index contributed by atoms with van der Waals surface area (Å²) in [5.74, 6) is 2.33. The molecule has 0 unspecified atom stereocenters. The van der Waals surface area contributed by atoms with Gasteiger partial charge < -0.3 is 5.32 Å². The molecule has 1 amide bonds. The first kappa shape index (κ1) is 19.6. The van der Waals surface area contributed by atoms with Gasteiger partial charge in [0.2, 0.25) is 0 Å². The zero-order valence-corrected chi connectivity index (χ0v) is 18.5. The third-order valence-corrected chi connectivity index (χ3v) is 7.93. The van der Waals surface area contributed by atoms with Gasteiger partial charge in [0.1, 0.15) is 9.88 Å². The average Bonchev–Trinajstić information content (AvgIpc) is 3.35. The topological polar surface area (TPSA) is 45.2 Å². The first-order chi connectivity index (χ1) is 13.6. The molecule has 1 saturated heterocycles. The van der Waals surface area contributed by atoms with Crippen LogP contribution in [0.5, 0.6) is 0 Å². The van der Waals surface area contributed by atoms with E-state index in [1.807, 2.05) is 43.1 Å². The van der Waals surface area contributed by atoms with Crippen molar-refractivity contribution in [3.05, 3.63) is 57.4 Å². The quantitative estimate of drug-likeness (QED) is 0.599. The van der Waals surface area contributed by atoms with Gasteiger partial charge in [-0.05, 0) is 42.5 Å². The molecule has 2 aromatic heterocycles. The lowest BCUT2D eigenvalue weighted by atomic mass is 10.1. The lowest BCUT2D eigenvalue weighted by Crippen LogP contribution is -2.32. The number of amides is 1. The van der Waals surface area contributed by atoms with Crippen molar-refractivity contribution in [3.8, 4) is 9.88 Å². The zero-order chi connectivity index (χ0) is 19.5. The van der Waals surface area contributed by atoms with E-state index in [9.17, 15) is 4.79 Å². The highest BCUT2D eigenvalue weighted by Gasteiger charge is 2.18. The zero-order valence-electron chi connectivity index (χ0n) is 16.0. The average molecular weight is 430 g/mol. The molecule has 3 aromatic rings. The fourth-order valence-corrected chi connectivity index (χ4v) is 5.95. The Labute approximate surface area is 178 Å². The van der Waals surface area contributed by atoms with Crippen LogP contribution in [-0.2, 0) is 6.54 Å². The summed E-state index contributed by atoms with van der Waals surface area (Å²) in [6, 6.07) is 10.4. The van der Waals surface area contributed by atoms with E-state index < -0.39 is 0 Å². The summed E-state index contributed by atoms with van der Waals surface area (Å²) in [5, 5.41) is 6.05. The number of thioether (sulfide) groups is 1. The maximum Gasteiger partial charge on any atom is 0.267 e. The Hall–Kier alpha value is -1.67. The number of benzene rings is 1. The van der Waals surface area contributed by atoms with E-state index in [1.165, 1.54) is 28.4 Å². The van der Waals surface area contributed by atoms with Crippen LogP contribution in [0.15, 0.2) is 35.7 Å². The Morgan fingerprint density at radius 2 is 2.04 bits per heavy atom. The number of thiophene rings is 1. The Bertz CT molecular complexity index is 959. The van der Waals surface area contributed by atoms with Crippen molar-refractivity contribution < 1.29 is 4.79 Å². The molecule has 0 bridgehead atoms. The maximum absolute atomic E-state index is 12.9. The van der Waals surface area contributed by atoms with Gasteiger partial charge in [0, 0.05) is 36.8 Å². The highest BCUT2D eigenvalue weighted by atomic mass is 32.2. The monoisotopic (exact) mass is 429 g/mol. The molecule has 0 aliphatic carbocycles. The van der Waals surface area contributed by atoms with E-state index in [0.29, 0.717) is 4.88 Å². The van der Waals surface area contributed by atoms with Crippen LogP contribution in [0.3, 0.4) is 0 Å². The SMILES string of the molecule is Cc1ccc(CN2CCSCC2)cc1NC(=O)c1sc(-c2cccs2)nc1C. The first-order valence-electron chi connectivity index (χ1n) is 9.32. The van der Waals surface area contributed by atoms with E-state index >= 15 is 0 Å². The summed E-state index contributed by atoms with van der Waals surface area (Å²) in [4.78, 5) is 21.8. The summed E-state index contributed by atoms with van der Waals surface area (Å²) >= 11 is 5.12. The van der Waals surface area contributed by atoms with Crippen molar-refractivity contribution in [3.63, 3.8) is 0 Å². The van der Waals surface area contributed by atoms with Crippen LogP contribution in [0, 0.1) is 13.8 Å². The van der Waals surface area contributed by atoms with E-state index in [4.69, 9.17) is 0 Å². The van der Waals surface area contributed by atoms with E-state index in [1.54, 1.807) is 11.3 Å². The van der Waals surface area contributed by atoms with Crippen molar-refractivity contribution in [1.29, 1.82) is 0 Å². The number of aromatic nitrogens is 1. The molecule has 1 N–H and O–H groups in total. The largest absolute Gasteiger partial charge is 0.321 e. The summed E-state index contributed by atoms with van der Waals surface area (Å²) in [5.41, 5.74) is 3.99. The van der Waals surface area contributed by atoms with Crippen molar-refractivity contribution >= 4 is 46.0 Å². The molecule has 0 radical (unpaired) electrons. The normalized spacial score (nSPS) is 14.9. The van der Waals surface area contributed by atoms with Crippen LogP contribution in [0.4, 0.5) is 5.69 Å². The maximum atomic E-state index is 12.9. The molecule has 1 aliphatic rings. The van der Waals surface area contributed by atoms with Gasteiger partial charge in [0.25, 0.3) is 5.91 Å². The van der Waals surface area contributed by atoms with Crippen molar-refractivity contribution in [2.45, 2.75) is 20.4 Å². The number of carbonyl (C=O) groups excluding carboxylic acids is 1. The second-order valence-corrected chi connectivity index (χ2v) is 10.1. The summed E-state index contributed by atoms with van der Waals surface area (Å²) < 4.78 is 0. The fourth-order valence-electron chi connectivity index (χ4n) is 3.21. The second kappa shape index (κ2) is 8.78. The van der Waals surface area contributed by atoms with Crippen LogP contribution in [0.25, 0.3) is 9.88 Å².